The Morgan fingerprint density at radius 2 is 2.07 bits per heavy atom. The van der Waals surface area contributed by atoms with Gasteiger partial charge >= 0.3 is 5.97 Å². The molecule has 0 saturated carbocycles. The number of carboxylic acids is 1. The van der Waals surface area contributed by atoms with Crippen molar-refractivity contribution in [3.63, 3.8) is 0 Å². The van der Waals surface area contributed by atoms with E-state index in [1.54, 1.807) is 6.07 Å². The molecule has 6 heteroatoms. The molecule has 0 saturated heterocycles. The van der Waals surface area contributed by atoms with Crippen molar-refractivity contribution in [2.75, 3.05) is 6.54 Å². The highest BCUT2D eigenvalue weighted by Crippen LogP contribution is 2.03. The fraction of sp³-hybridized carbons (Fsp3) is 0.625. The Labute approximate surface area is 81.5 Å². The van der Waals surface area contributed by atoms with Crippen molar-refractivity contribution in [3.8, 4) is 6.07 Å². The molecule has 0 amide bonds. The first-order valence-electron chi connectivity index (χ1n) is 4.13. The number of carbonyl (C=O) groups excluding carboxylic acids is 1. The molecule has 0 radical (unpaired) electrons. The van der Waals surface area contributed by atoms with Gasteiger partial charge in [-0.05, 0) is 6.42 Å². The Morgan fingerprint density at radius 3 is 2.43 bits per heavy atom. The van der Waals surface area contributed by atoms with Gasteiger partial charge in [0.25, 0.3) is 0 Å². The molecule has 0 aliphatic heterocycles. The number of nitrogens with two attached hydrogens (primary N) is 2. The molecule has 0 bridgehead atoms. The Kier molecular flexibility index (Phi) is 5.44. The highest BCUT2D eigenvalue weighted by Gasteiger charge is 2.19. The Bertz CT molecular complexity index is 259. The summed E-state index contributed by atoms with van der Waals surface area (Å²) in [6.07, 6.45) is 0.00917. The molecule has 6 nitrogen and oxygen atoms in total. The summed E-state index contributed by atoms with van der Waals surface area (Å²) in [5.74, 6) is -2.36. The average molecular weight is 199 g/mol. The third-order valence-electron chi connectivity index (χ3n) is 1.80. The van der Waals surface area contributed by atoms with Gasteiger partial charge < -0.3 is 16.6 Å². The number of carbonyl (C=O) groups is 2. The van der Waals surface area contributed by atoms with E-state index in [0.29, 0.717) is 0 Å². The van der Waals surface area contributed by atoms with E-state index in [0.717, 1.165) is 0 Å². The minimum Gasteiger partial charge on any atom is -0.480 e. The molecule has 2 atom stereocenters. The number of ketones is 1. The van der Waals surface area contributed by atoms with Gasteiger partial charge in [-0.25, -0.2) is 0 Å². The minimum atomic E-state index is -1.15. The van der Waals surface area contributed by atoms with Crippen LogP contribution >= 0.6 is 0 Å². The summed E-state index contributed by atoms with van der Waals surface area (Å²) in [5.41, 5.74) is 10.3. The summed E-state index contributed by atoms with van der Waals surface area (Å²) >= 11 is 0. The molecular formula is C8H13N3O3. The highest BCUT2D eigenvalue weighted by molar-refractivity contribution is 5.84. The van der Waals surface area contributed by atoms with Gasteiger partial charge in [-0.15, -0.1) is 0 Å². The predicted molar refractivity (Wildman–Crippen MR) is 48.0 cm³/mol. The molecule has 78 valence electrons. The number of hydrogen-bond donors (Lipinski definition) is 3. The normalized spacial score (nSPS) is 14.1. The zero-order valence-corrected chi connectivity index (χ0v) is 7.64. The number of nitriles is 1. The quantitative estimate of drug-likeness (QED) is 0.495. The molecule has 5 N–H and O–H groups in total. The number of nitrogens with zero attached hydrogens (tertiary/aromatic N) is 1. The van der Waals surface area contributed by atoms with Crippen molar-refractivity contribution in [1.82, 2.24) is 0 Å². The maximum atomic E-state index is 11.2. The topological polar surface area (TPSA) is 130 Å². The second-order valence-corrected chi connectivity index (χ2v) is 2.87. The second-order valence-electron chi connectivity index (χ2n) is 2.87. The summed E-state index contributed by atoms with van der Waals surface area (Å²) in [6.45, 7) is -0.0440. The van der Waals surface area contributed by atoms with Gasteiger partial charge in [-0.2, -0.15) is 5.26 Å². The fourth-order valence-electron chi connectivity index (χ4n) is 0.852. The van der Waals surface area contributed by atoms with E-state index in [9.17, 15) is 9.59 Å². The number of carboxylic acid groups (broad SMARTS) is 1. The number of aliphatic carboxylic acids is 1. The van der Waals surface area contributed by atoms with Gasteiger partial charge in [0.15, 0.2) is 5.78 Å². The summed E-state index contributed by atoms with van der Waals surface area (Å²) in [6, 6.07) is 0.682. The fourth-order valence-corrected chi connectivity index (χ4v) is 0.852. The molecule has 0 spiro atoms. The molecule has 0 aromatic rings. The third kappa shape index (κ3) is 3.98. The zero-order chi connectivity index (χ0) is 11.1. The molecule has 0 aromatic carbocycles. The van der Waals surface area contributed by atoms with Crippen LogP contribution in [0, 0.1) is 17.2 Å². The van der Waals surface area contributed by atoms with Gasteiger partial charge in [0.1, 0.15) is 12.0 Å². The molecule has 0 aliphatic carbocycles. The molecule has 0 aliphatic rings. The van der Waals surface area contributed by atoms with Crippen LogP contribution in [-0.2, 0) is 9.59 Å². The lowest BCUT2D eigenvalue weighted by atomic mass is 10.00. The average Bonchev–Trinajstić information content (AvgIpc) is 2.15. The second kappa shape index (κ2) is 6.07. The van der Waals surface area contributed by atoms with Gasteiger partial charge in [0.2, 0.25) is 0 Å². The maximum Gasteiger partial charge on any atom is 0.320 e. The standard InChI is InChI=1S/C8H13N3O3/c9-3-5(4-10)7(12)2-1-6(11)8(13)14/h5-6H,1-3,9,11H2,(H,13,14). The largest absolute Gasteiger partial charge is 0.480 e. The molecule has 0 fully saturated rings. The van der Waals surface area contributed by atoms with Crippen LogP contribution < -0.4 is 11.5 Å². The lowest BCUT2D eigenvalue weighted by molar-refractivity contribution is -0.138. The van der Waals surface area contributed by atoms with E-state index in [4.69, 9.17) is 21.8 Å². The van der Waals surface area contributed by atoms with E-state index in [2.05, 4.69) is 0 Å². The molecular weight excluding hydrogens is 186 g/mol. The van der Waals surface area contributed by atoms with Crippen molar-refractivity contribution in [2.24, 2.45) is 17.4 Å². The molecule has 0 aromatic heterocycles. The summed E-state index contributed by atoms with van der Waals surface area (Å²) < 4.78 is 0. The lowest BCUT2D eigenvalue weighted by Gasteiger charge is -2.07. The first kappa shape index (κ1) is 12.6. The van der Waals surface area contributed by atoms with E-state index >= 15 is 0 Å². The molecule has 0 heterocycles. The summed E-state index contributed by atoms with van der Waals surface area (Å²) in [5, 5.41) is 16.9. The van der Waals surface area contributed by atoms with Crippen LogP contribution in [0.3, 0.4) is 0 Å². The van der Waals surface area contributed by atoms with Crippen molar-refractivity contribution in [2.45, 2.75) is 18.9 Å². The van der Waals surface area contributed by atoms with E-state index in [-0.39, 0.29) is 25.2 Å². The number of Topliss-reactive ketones (excluding diaryl/α,β-unsaturated/α-hetero) is 1. The van der Waals surface area contributed by atoms with E-state index < -0.39 is 17.9 Å². The first-order valence-corrected chi connectivity index (χ1v) is 4.13. The Balaban J connectivity index is 3.97. The van der Waals surface area contributed by atoms with Crippen LogP contribution in [0.5, 0.6) is 0 Å². The monoisotopic (exact) mass is 199 g/mol. The predicted octanol–water partition coefficient (Wildman–Crippen LogP) is -1.15. The van der Waals surface area contributed by atoms with Crippen molar-refractivity contribution in [3.05, 3.63) is 0 Å². The van der Waals surface area contributed by atoms with Crippen LogP contribution in [0.1, 0.15) is 12.8 Å². The van der Waals surface area contributed by atoms with E-state index in [1.807, 2.05) is 0 Å². The minimum absolute atomic E-state index is 0.0249. The van der Waals surface area contributed by atoms with E-state index in [1.165, 1.54) is 0 Å². The summed E-state index contributed by atoms with van der Waals surface area (Å²) in [7, 11) is 0. The zero-order valence-electron chi connectivity index (χ0n) is 7.64. The lowest BCUT2D eigenvalue weighted by Crippen LogP contribution is -2.32. The first-order chi connectivity index (χ1) is 6.52. The van der Waals surface area contributed by atoms with Crippen molar-refractivity contribution < 1.29 is 14.7 Å². The van der Waals surface area contributed by atoms with Crippen LogP contribution in [0.4, 0.5) is 0 Å². The van der Waals surface area contributed by atoms with Crippen molar-refractivity contribution >= 4 is 11.8 Å². The molecule has 0 rings (SSSR count). The van der Waals surface area contributed by atoms with Gasteiger partial charge in [-0.1, -0.05) is 0 Å². The smallest absolute Gasteiger partial charge is 0.320 e. The summed E-state index contributed by atoms with van der Waals surface area (Å²) in [4.78, 5) is 21.5. The van der Waals surface area contributed by atoms with Gasteiger partial charge in [-0.3, -0.25) is 9.59 Å². The maximum absolute atomic E-state index is 11.2. The Hall–Kier alpha value is -1.45. The van der Waals surface area contributed by atoms with Crippen LogP contribution in [0.15, 0.2) is 0 Å². The van der Waals surface area contributed by atoms with Crippen LogP contribution in [-0.4, -0.2) is 29.4 Å². The van der Waals surface area contributed by atoms with Crippen LogP contribution in [0.25, 0.3) is 0 Å². The molecule has 2 unspecified atom stereocenters. The Morgan fingerprint density at radius 1 is 1.50 bits per heavy atom. The third-order valence-corrected chi connectivity index (χ3v) is 1.80. The van der Waals surface area contributed by atoms with Gasteiger partial charge in [0, 0.05) is 13.0 Å². The van der Waals surface area contributed by atoms with Crippen molar-refractivity contribution in [1.29, 1.82) is 5.26 Å². The molecule has 14 heavy (non-hydrogen) atoms. The highest BCUT2D eigenvalue weighted by atomic mass is 16.4. The number of rotatable bonds is 6. The SMILES string of the molecule is N#CC(CN)C(=O)CCC(N)C(=O)O. The van der Waals surface area contributed by atoms with Gasteiger partial charge in [0.05, 0.1) is 6.07 Å². The number of hydrogen-bond acceptors (Lipinski definition) is 5. The van der Waals surface area contributed by atoms with Crippen LogP contribution in [0.2, 0.25) is 0 Å².